The van der Waals surface area contributed by atoms with Gasteiger partial charge in [0, 0.05) is 23.8 Å². The number of nitrogens with one attached hydrogen (secondary N) is 3. The van der Waals surface area contributed by atoms with E-state index in [-0.39, 0.29) is 17.8 Å². The topological polar surface area (TPSA) is 90.1 Å². The second-order valence-corrected chi connectivity index (χ2v) is 6.62. The molecule has 7 nitrogen and oxygen atoms in total. The Labute approximate surface area is 160 Å². The van der Waals surface area contributed by atoms with Gasteiger partial charge in [-0.1, -0.05) is 12.1 Å². The molecule has 1 unspecified atom stereocenters. The molecule has 0 saturated heterocycles. The van der Waals surface area contributed by atoms with Crippen molar-refractivity contribution in [1.29, 1.82) is 0 Å². The molecular weight excluding hydrogens is 361 g/mol. The minimum absolute atomic E-state index is 0.330. The van der Waals surface area contributed by atoms with Gasteiger partial charge < -0.3 is 15.5 Å². The van der Waals surface area contributed by atoms with Crippen LogP contribution in [0.2, 0.25) is 0 Å². The lowest BCUT2D eigenvalue weighted by molar-refractivity contribution is -0.113. The van der Waals surface area contributed by atoms with E-state index >= 15 is 0 Å². The van der Waals surface area contributed by atoms with Crippen LogP contribution >= 0.6 is 0 Å². The predicted octanol–water partition coefficient (Wildman–Crippen LogP) is 3.31. The first-order valence-electron chi connectivity index (χ1n) is 8.69. The quantitative estimate of drug-likeness (QED) is 0.652. The van der Waals surface area contributed by atoms with Gasteiger partial charge in [-0.05, 0) is 42.8 Å². The first kappa shape index (κ1) is 17.7. The largest absolute Gasteiger partial charge is 0.327 e. The van der Waals surface area contributed by atoms with Gasteiger partial charge in [0.05, 0.1) is 23.3 Å². The van der Waals surface area contributed by atoms with E-state index in [9.17, 15) is 14.0 Å². The maximum Gasteiger partial charge on any atom is 0.322 e. The van der Waals surface area contributed by atoms with Crippen molar-refractivity contribution in [1.82, 2.24) is 20.4 Å². The highest BCUT2D eigenvalue weighted by Gasteiger charge is 2.34. The lowest BCUT2D eigenvalue weighted by atomic mass is 9.94. The van der Waals surface area contributed by atoms with E-state index in [1.807, 2.05) is 12.1 Å². The zero-order chi connectivity index (χ0) is 19.8. The minimum atomic E-state index is -0.679. The fraction of sp³-hybridized carbons (Fsp3) is 0.150. The third-order valence-corrected chi connectivity index (χ3v) is 4.90. The average Bonchev–Trinajstić information content (AvgIpc) is 3.14. The zero-order valence-electron chi connectivity index (χ0n) is 15.3. The number of aromatic nitrogens is 2. The van der Waals surface area contributed by atoms with E-state index < -0.39 is 6.04 Å². The Morgan fingerprint density at radius 3 is 2.71 bits per heavy atom. The molecule has 1 aliphatic heterocycles. The first-order chi connectivity index (χ1) is 13.4. The molecule has 3 aromatic rings. The van der Waals surface area contributed by atoms with E-state index in [4.69, 9.17) is 0 Å². The number of anilines is 1. The standard InChI is InChI=1S/C20H18FN5O2/c1-11-17(19(27)23-15-7-8-16-13(9-15)10-22-25-16)18(24-20(28)26(11)2)12-3-5-14(21)6-4-12/h3-10,18H,1-2H3,(H,22,25)(H,23,27)(H,24,28). The van der Waals surface area contributed by atoms with Gasteiger partial charge in [-0.2, -0.15) is 5.10 Å². The van der Waals surface area contributed by atoms with Crippen LogP contribution in [0, 0.1) is 5.82 Å². The highest BCUT2D eigenvalue weighted by molar-refractivity contribution is 6.07. The Hall–Kier alpha value is -3.68. The number of carbonyl (C=O) groups is 2. The fourth-order valence-electron chi connectivity index (χ4n) is 3.25. The van der Waals surface area contributed by atoms with Crippen molar-refractivity contribution in [3.05, 3.63) is 71.3 Å². The van der Waals surface area contributed by atoms with Gasteiger partial charge in [0.25, 0.3) is 5.91 Å². The molecule has 4 rings (SSSR count). The van der Waals surface area contributed by atoms with E-state index in [1.165, 1.54) is 17.0 Å². The molecule has 0 aliphatic carbocycles. The van der Waals surface area contributed by atoms with Crippen LogP contribution in [0.5, 0.6) is 0 Å². The number of nitrogens with zero attached hydrogens (tertiary/aromatic N) is 2. The summed E-state index contributed by atoms with van der Waals surface area (Å²) in [6, 6.07) is 10.1. The molecule has 2 aromatic carbocycles. The number of H-pyrrole nitrogens is 1. The average molecular weight is 379 g/mol. The molecule has 3 N–H and O–H groups in total. The van der Waals surface area contributed by atoms with Crippen LogP contribution in [0.4, 0.5) is 14.9 Å². The third kappa shape index (κ3) is 3.09. The van der Waals surface area contributed by atoms with Crippen LogP contribution in [-0.4, -0.2) is 34.1 Å². The lowest BCUT2D eigenvalue weighted by Crippen LogP contribution is -2.46. The molecule has 0 spiro atoms. The number of urea groups is 1. The number of amides is 3. The molecule has 8 heteroatoms. The van der Waals surface area contributed by atoms with Gasteiger partial charge in [0.1, 0.15) is 5.82 Å². The first-order valence-corrected chi connectivity index (χ1v) is 8.69. The van der Waals surface area contributed by atoms with Crippen molar-refractivity contribution in [3.8, 4) is 0 Å². The summed E-state index contributed by atoms with van der Waals surface area (Å²) in [4.78, 5) is 26.8. The van der Waals surface area contributed by atoms with Crippen LogP contribution in [0.25, 0.3) is 10.9 Å². The maximum atomic E-state index is 13.3. The van der Waals surface area contributed by atoms with Crippen LogP contribution in [0.15, 0.2) is 59.9 Å². The van der Waals surface area contributed by atoms with Crippen molar-refractivity contribution in [2.45, 2.75) is 13.0 Å². The molecule has 2 heterocycles. The molecule has 0 radical (unpaired) electrons. The predicted molar refractivity (Wildman–Crippen MR) is 103 cm³/mol. The lowest BCUT2D eigenvalue weighted by Gasteiger charge is -2.33. The maximum absolute atomic E-state index is 13.3. The van der Waals surface area contributed by atoms with Crippen molar-refractivity contribution < 1.29 is 14.0 Å². The molecule has 1 atom stereocenters. The summed E-state index contributed by atoms with van der Waals surface area (Å²) in [7, 11) is 1.59. The second-order valence-electron chi connectivity index (χ2n) is 6.62. The van der Waals surface area contributed by atoms with Crippen molar-refractivity contribution in [3.63, 3.8) is 0 Å². The number of benzene rings is 2. The van der Waals surface area contributed by atoms with Gasteiger partial charge in [0.15, 0.2) is 0 Å². The molecular formula is C20H18FN5O2. The van der Waals surface area contributed by atoms with Crippen LogP contribution < -0.4 is 10.6 Å². The van der Waals surface area contributed by atoms with Crippen molar-refractivity contribution in [2.75, 3.05) is 12.4 Å². The molecule has 1 aliphatic rings. The summed E-state index contributed by atoms with van der Waals surface area (Å²) >= 11 is 0. The number of fused-ring (bicyclic) bond motifs is 1. The van der Waals surface area contributed by atoms with E-state index in [1.54, 1.807) is 38.4 Å². The molecule has 142 valence electrons. The number of halogens is 1. The molecule has 0 bridgehead atoms. The van der Waals surface area contributed by atoms with E-state index in [0.717, 1.165) is 10.9 Å². The van der Waals surface area contributed by atoms with Gasteiger partial charge in [-0.3, -0.25) is 9.89 Å². The van der Waals surface area contributed by atoms with Gasteiger partial charge in [-0.15, -0.1) is 0 Å². The zero-order valence-corrected chi connectivity index (χ0v) is 15.3. The Kier molecular flexibility index (Phi) is 4.31. The number of hydrogen-bond acceptors (Lipinski definition) is 3. The van der Waals surface area contributed by atoms with E-state index in [2.05, 4.69) is 20.8 Å². The molecule has 28 heavy (non-hydrogen) atoms. The van der Waals surface area contributed by atoms with Crippen LogP contribution in [0.1, 0.15) is 18.5 Å². The summed E-state index contributed by atoms with van der Waals surface area (Å²) in [6.45, 7) is 1.71. The molecule has 1 aromatic heterocycles. The Balaban J connectivity index is 1.70. The third-order valence-electron chi connectivity index (χ3n) is 4.90. The summed E-state index contributed by atoms with van der Waals surface area (Å²) in [5.74, 6) is -0.732. The Morgan fingerprint density at radius 1 is 1.21 bits per heavy atom. The Bertz CT molecular complexity index is 1100. The van der Waals surface area contributed by atoms with E-state index in [0.29, 0.717) is 22.5 Å². The SMILES string of the molecule is CC1=C(C(=O)Nc2ccc3[nH]ncc3c2)C(c2ccc(F)cc2)NC(=O)N1C. The highest BCUT2D eigenvalue weighted by Crippen LogP contribution is 2.31. The highest BCUT2D eigenvalue weighted by atomic mass is 19.1. The van der Waals surface area contributed by atoms with Gasteiger partial charge >= 0.3 is 6.03 Å². The number of rotatable bonds is 3. The number of carbonyl (C=O) groups excluding carboxylic acids is 2. The van der Waals surface area contributed by atoms with Gasteiger partial charge in [-0.25, -0.2) is 9.18 Å². The Morgan fingerprint density at radius 2 is 1.96 bits per heavy atom. The van der Waals surface area contributed by atoms with Crippen LogP contribution in [0.3, 0.4) is 0 Å². The number of hydrogen-bond donors (Lipinski definition) is 3. The summed E-state index contributed by atoms with van der Waals surface area (Å²) in [5, 5.41) is 13.4. The second kappa shape index (κ2) is 6.80. The van der Waals surface area contributed by atoms with Crippen molar-refractivity contribution >= 4 is 28.5 Å². The minimum Gasteiger partial charge on any atom is -0.327 e. The molecule has 0 saturated carbocycles. The summed E-state index contributed by atoms with van der Waals surface area (Å²) in [6.07, 6.45) is 1.67. The summed E-state index contributed by atoms with van der Waals surface area (Å²) < 4.78 is 13.3. The van der Waals surface area contributed by atoms with Crippen molar-refractivity contribution in [2.24, 2.45) is 0 Å². The fourth-order valence-corrected chi connectivity index (χ4v) is 3.25. The normalized spacial score (nSPS) is 17.0. The monoisotopic (exact) mass is 379 g/mol. The molecule has 0 fully saturated rings. The van der Waals surface area contributed by atoms with Gasteiger partial charge in [0.2, 0.25) is 0 Å². The van der Waals surface area contributed by atoms with Crippen LogP contribution in [-0.2, 0) is 4.79 Å². The smallest absolute Gasteiger partial charge is 0.322 e. The molecule has 3 amide bonds. The number of allylic oxidation sites excluding steroid dienone is 1. The number of aromatic amines is 1. The summed E-state index contributed by atoms with van der Waals surface area (Å²) in [5.41, 5.74) is 3.01.